The van der Waals surface area contributed by atoms with E-state index in [9.17, 15) is 4.79 Å². The maximum atomic E-state index is 12.7. The number of nitrogens with one attached hydrogen (secondary N) is 2. The first kappa shape index (κ1) is 15.3. The Morgan fingerprint density at radius 3 is 3.17 bits per heavy atom. The molecule has 1 aliphatic heterocycles. The number of likely N-dealkylation sites (N-methyl/N-ethyl adjacent to an activating group) is 1. The number of hydrogen-bond acceptors (Lipinski definition) is 5. The van der Waals surface area contributed by atoms with Gasteiger partial charge in [0.15, 0.2) is 5.65 Å². The number of imidazole rings is 1. The van der Waals surface area contributed by atoms with E-state index in [0.717, 1.165) is 36.6 Å². The van der Waals surface area contributed by atoms with Gasteiger partial charge in [0.05, 0.1) is 10.4 Å². The van der Waals surface area contributed by atoms with Crippen molar-refractivity contribution in [2.24, 2.45) is 0 Å². The maximum absolute atomic E-state index is 12.7. The van der Waals surface area contributed by atoms with Crippen LogP contribution in [-0.2, 0) is 0 Å². The number of rotatable bonds is 3. The Bertz CT molecular complexity index is 857. The third kappa shape index (κ3) is 2.92. The molecule has 3 aromatic rings. The van der Waals surface area contributed by atoms with Crippen LogP contribution in [-0.4, -0.2) is 51.9 Å². The second kappa shape index (κ2) is 6.33. The number of thiophene rings is 1. The number of amides is 1. The zero-order valence-corrected chi connectivity index (χ0v) is 14.3. The Hall–Kier alpha value is -2.25. The van der Waals surface area contributed by atoms with E-state index >= 15 is 0 Å². The molecule has 1 unspecified atom stereocenters. The van der Waals surface area contributed by atoms with Crippen LogP contribution in [0.5, 0.6) is 0 Å². The molecule has 4 heterocycles. The van der Waals surface area contributed by atoms with Crippen LogP contribution in [0.2, 0.25) is 0 Å². The second-order valence-electron chi connectivity index (χ2n) is 6.19. The summed E-state index contributed by atoms with van der Waals surface area (Å²) in [7, 11) is 2.09. The van der Waals surface area contributed by atoms with Crippen molar-refractivity contribution in [2.45, 2.75) is 18.9 Å². The molecule has 6 nitrogen and oxygen atoms in total. The molecule has 0 radical (unpaired) electrons. The fraction of sp³-hybridized carbons (Fsp3) is 0.353. The molecule has 1 amide bonds. The summed E-state index contributed by atoms with van der Waals surface area (Å²) in [5.74, 6) is 0.678. The molecule has 2 N–H and O–H groups in total. The molecule has 0 aliphatic carbocycles. The van der Waals surface area contributed by atoms with Crippen molar-refractivity contribution in [3.8, 4) is 10.7 Å². The van der Waals surface area contributed by atoms with Gasteiger partial charge in [0.2, 0.25) is 0 Å². The summed E-state index contributed by atoms with van der Waals surface area (Å²) >= 11 is 1.61. The molecule has 1 fully saturated rings. The Labute approximate surface area is 143 Å². The first-order valence-electron chi connectivity index (χ1n) is 8.09. The second-order valence-corrected chi connectivity index (χ2v) is 7.14. The number of aromatic amines is 1. The first-order valence-corrected chi connectivity index (χ1v) is 8.96. The van der Waals surface area contributed by atoms with Crippen LogP contribution in [0.15, 0.2) is 29.8 Å². The normalized spacial score (nSPS) is 18.8. The molecule has 0 saturated carbocycles. The summed E-state index contributed by atoms with van der Waals surface area (Å²) in [6, 6.07) is 5.91. The Morgan fingerprint density at radius 2 is 2.38 bits per heavy atom. The summed E-state index contributed by atoms with van der Waals surface area (Å²) in [5.41, 5.74) is 1.85. The molecular formula is C17H19N5OS. The smallest absolute Gasteiger partial charge is 0.253 e. The third-order valence-electron chi connectivity index (χ3n) is 4.34. The highest BCUT2D eigenvalue weighted by molar-refractivity contribution is 7.13. The highest BCUT2D eigenvalue weighted by Gasteiger charge is 2.22. The molecule has 0 aromatic carbocycles. The predicted molar refractivity (Wildman–Crippen MR) is 95.2 cm³/mol. The third-order valence-corrected chi connectivity index (χ3v) is 5.22. The van der Waals surface area contributed by atoms with Gasteiger partial charge < -0.3 is 15.2 Å². The quantitative estimate of drug-likeness (QED) is 0.768. The largest absolute Gasteiger partial charge is 0.348 e. The number of piperidine rings is 1. The van der Waals surface area contributed by atoms with Crippen molar-refractivity contribution in [3.63, 3.8) is 0 Å². The fourth-order valence-electron chi connectivity index (χ4n) is 3.17. The van der Waals surface area contributed by atoms with Gasteiger partial charge in [0.25, 0.3) is 5.91 Å². The molecule has 1 atom stereocenters. The SMILES string of the molecule is CN1CCCC(NC(=O)c2ccnc3[nH]c(-c4cccs4)nc23)C1. The van der Waals surface area contributed by atoms with E-state index in [1.54, 1.807) is 23.6 Å². The van der Waals surface area contributed by atoms with Gasteiger partial charge >= 0.3 is 0 Å². The average Bonchev–Trinajstić information content (AvgIpc) is 3.23. The Morgan fingerprint density at radius 1 is 1.46 bits per heavy atom. The lowest BCUT2D eigenvalue weighted by atomic mass is 10.1. The number of fused-ring (bicyclic) bond motifs is 1. The molecule has 4 rings (SSSR count). The highest BCUT2D eigenvalue weighted by atomic mass is 32.1. The Balaban J connectivity index is 1.62. The molecule has 3 aromatic heterocycles. The van der Waals surface area contributed by atoms with Crippen molar-refractivity contribution >= 4 is 28.4 Å². The number of carbonyl (C=O) groups excluding carboxylic acids is 1. The van der Waals surface area contributed by atoms with E-state index in [1.807, 2.05) is 17.5 Å². The number of nitrogens with zero attached hydrogens (tertiary/aromatic N) is 3. The number of aromatic nitrogens is 3. The molecule has 24 heavy (non-hydrogen) atoms. The summed E-state index contributed by atoms with van der Waals surface area (Å²) in [6.45, 7) is 1.98. The monoisotopic (exact) mass is 341 g/mol. The van der Waals surface area contributed by atoms with Gasteiger partial charge in [-0.15, -0.1) is 11.3 Å². The van der Waals surface area contributed by atoms with E-state index < -0.39 is 0 Å². The van der Waals surface area contributed by atoms with Crippen LogP contribution < -0.4 is 5.32 Å². The minimum absolute atomic E-state index is 0.0769. The standard InChI is InChI=1S/C17H19N5OS/c1-22-8-2-4-11(10-22)19-17(23)12-6-7-18-16-14(12)20-15(21-16)13-5-3-9-24-13/h3,5-7,9,11H,2,4,8,10H2,1H3,(H,19,23)(H,18,20,21). The minimum Gasteiger partial charge on any atom is -0.348 e. The Kier molecular flexibility index (Phi) is 4.03. The van der Waals surface area contributed by atoms with E-state index in [1.165, 1.54) is 0 Å². The zero-order chi connectivity index (χ0) is 16.5. The maximum Gasteiger partial charge on any atom is 0.253 e. The topological polar surface area (TPSA) is 73.9 Å². The van der Waals surface area contributed by atoms with Crippen LogP contribution in [0.1, 0.15) is 23.2 Å². The van der Waals surface area contributed by atoms with E-state index in [4.69, 9.17) is 0 Å². The van der Waals surface area contributed by atoms with Crippen molar-refractivity contribution in [1.29, 1.82) is 0 Å². The lowest BCUT2D eigenvalue weighted by Gasteiger charge is -2.30. The van der Waals surface area contributed by atoms with Crippen molar-refractivity contribution in [3.05, 3.63) is 35.3 Å². The van der Waals surface area contributed by atoms with E-state index in [2.05, 4.69) is 32.2 Å². The van der Waals surface area contributed by atoms with Gasteiger partial charge in [-0.05, 0) is 43.9 Å². The molecule has 1 aliphatic rings. The van der Waals surface area contributed by atoms with Crippen molar-refractivity contribution in [1.82, 2.24) is 25.2 Å². The summed E-state index contributed by atoms with van der Waals surface area (Å²) in [6.07, 6.45) is 3.78. The van der Waals surface area contributed by atoms with Gasteiger partial charge in [0, 0.05) is 18.8 Å². The minimum atomic E-state index is -0.0769. The summed E-state index contributed by atoms with van der Waals surface area (Å²) in [4.78, 5) is 28.1. The zero-order valence-electron chi connectivity index (χ0n) is 13.5. The lowest BCUT2D eigenvalue weighted by molar-refractivity contribution is 0.0914. The molecular weight excluding hydrogens is 322 g/mol. The summed E-state index contributed by atoms with van der Waals surface area (Å²) in [5, 5.41) is 5.15. The highest BCUT2D eigenvalue weighted by Crippen LogP contribution is 2.25. The fourth-order valence-corrected chi connectivity index (χ4v) is 3.84. The van der Waals surface area contributed by atoms with Gasteiger partial charge in [-0.2, -0.15) is 0 Å². The van der Waals surface area contributed by atoms with Crippen molar-refractivity contribution < 1.29 is 4.79 Å². The van der Waals surface area contributed by atoms with Crippen molar-refractivity contribution in [2.75, 3.05) is 20.1 Å². The molecule has 124 valence electrons. The van der Waals surface area contributed by atoms with Crippen LogP contribution in [0.3, 0.4) is 0 Å². The van der Waals surface area contributed by atoms with E-state index in [-0.39, 0.29) is 11.9 Å². The van der Waals surface area contributed by atoms with Gasteiger partial charge in [-0.25, -0.2) is 9.97 Å². The van der Waals surface area contributed by atoms with Crippen LogP contribution in [0.4, 0.5) is 0 Å². The van der Waals surface area contributed by atoms with E-state index in [0.29, 0.717) is 16.7 Å². The number of pyridine rings is 1. The predicted octanol–water partition coefficient (Wildman–Crippen LogP) is 2.51. The number of likely N-dealkylation sites (tertiary alicyclic amines) is 1. The van der Waals surface area contributed by atoms with Crippen LogP contribution >= 0.6 is 11.3 Å². The van der Waals surface area contributed by atoms with Gasteiger partial charge in [-0.1, -0.05) is 6.07 Å². The number of hydrogen-bond donors (Lipinski definition) is 2. The molecule has 0 bridgehead atoms. The first-order chi connectivity index (χ1) is 11.7. The summed E-state index contributed by atoms with van der Waals surface area (Å²) < 4.78 is 0. The number of carbonyl (C=O) groups is 1. The van der Waals surface area contributed by atoms with Gasteiger partial charge in [0.1, 0.15) is 11.3 Å². The van der Waals surface area contributed by atoms with Gasteiger partial charge in [-0.3, -0.25) is 4.79 Å². The average molecular weight is 341 g/mol. The molecule has 1 saturated heterocycles. The lowest BCUT2D eigenvalue weighted by Crippen LogP contribution is -2.46. The van der Waals surface area contributed by atoms with Crippen LogP contribution in [0.25, 0.3) is 21.9 Å². The molecule has 7 heteroatoms. The van der Waals surface area contributed by atoms with Crippen LogP contribution in [0, 0.1) is 0 Å². The number of H-pyrrole nitrogens is 1. The molecule has 0 spiro atoms.